The Hall–Kier alpha value is -2.57. The molecule has 25 heavy (non-hydrogen) atoms. The topological polar surface area (TPSA) is 91.9 Å². The zero-order valence-electron chi connectivity index (χ0n) is 14.0. The average molecular weight is 341 g/mol. The second kappa shape index (κ2) is 5.21. The van der Waals surface area contributed by atoms with Crippen LogP contribution in [0.3, 0.4) is 0 Å². The first-order chi connectivity index (χ1) is 11.8. The van der Waals surface area contributed by atoms with Crippen molar-refractivity contribution in [1.82, 2.24) is 4.57 Å². The van der Waals surface area contributed by atoms with E-state index >= 15 is 0 Å². The Balaban J connectivity index is 2.07. The highest BCUT2D eigenvalue weighted by Crippen LogP contribution is 2.41. The molecule has 0 fully saturated rings. The van der Waals surface area contributed by atoms with Gasteiger partial charge in [-0.3, -0.25) is 4.79 Å². The summed E-state index contributed by atoms with van der Waals surface area (Å²) in [5.41, 5.74) is 0.440. The number of fused-ring (bicyclic) bond motifs is 4. The van der Waals surface area contributed by atoms with Gasteiger partial charge in [0, 0.05) is 30.5 Å². The van der Waals surface area contributed by atoms with Crippen LogP contribution in [-0.4, -0.2) is 38.2 Å². The fourth-order valence-electron chi connectivity index (χ4n) is 3.61. The van der Waals surface area contributed by atoms with E-state index in [1.54, 1.807) is 12.1 Å². The molecule has 1 aromatic heterocycles. The van der Waals surface area contributed by atoms with Gasteiger partial charge in [-0.2, -0.15) is 0 Å². The van der Waals surface area contributed by atoms with Crippen LogP contribution >= 0.6 is 0 Å². The lowest BCUT2D eigenvalue weighted by Crippen LogP contribution is -2.45. The zero-order valence-corrected chi connectivity index (χ0v) is 14.0. The molecule has 2 heterocycles. The maximum absolute atomic E-state index is 12.9. The quantitative estimate of drug-likeness (QED) is 0.614. The SMILES string of the molecule is Cn1c2ccccc2c(=O)c2c(O)cc3c(c21)C[C@H]([C@@](C)(O)CO)O3. The normalized spacial score (nSPS) is 19.0. The van der Waals surface area contributed by atoms with Crippen LogP contribution < -0.4 is 10.2 Å². The first-order valence-corrected chi connectivity index (χ1v) is 8.11. The van der Waals surface area contributed by atoms with Gasteiger partial charge in [0.15, 0.2) is 0 Å². The van der Waals surface area contributed by atoms with Crippen LogP contribution in [-0.2, 0) is 13.5 Å². The Morgan fingerprint density at radius 1 is 1.36 bits per heavy atom. The molecule has 4 rings (SSSR count). The number of ether oxygens (including phenoxy) is 1. The Morgan fingerprint density at radius 2 is 2.08 bits per heavy atom. The standard InChI is InChI=1S/C19H19NO5/c1-19(24,9-21)15-7-11-14(25-15)8-13(22)16-17(11)20(2)12-6-4-3-5-10(12)18(16)23/h3-6,8,15,21-22,24H,7,9H2,1-2H3/t15-,19+/m1/s1. The molecule has 0 bridgehead atoms. The molecular weight excluding hydrogens is 322 g/mol. The molecule has 0 saturated carbocycles. The number of aliphatic hydroxyl groups excluding tert-OH is 1. The van der Waals surface area contributed by atoms with Gasteiger partial charge in [0.1, 0.15) is 23.2 Å². The van der Waals surface area contributed by atoms with Crippen LogP contribution in [0.25, 0.3) is 21.8 Å². The van der Waals surface area contributed by atoms with Crippen LogP contribution in [0.4, 0.5) is 0 Å². The molecule has 2 atom stereocenters. The summed E-state index contributed by atoms with van der Waals surface area (Å²) in [5.74, 6) is 0.276. The molecule has 6 nitrogen and oxygen atoms in total. The number of phenolic OH excluding ortho intramolecular Hbond substituents is 1. The number of para-hydroxylation sites is 1. The molecule has 0 amide bonds. The number of hydrogen-bond donors (Lipinski definition) is 3. The minimum absolute atomic E-state index is 0.149. The lowest BCUT2D eigenvalue weighted by molar-refractivity contribution is -0.0729. The van der Waals surface area contributed by atoms with E-state index < -0.39 is 18.3 Å². The number of hydrogen-bond acceptors (Lipinski definition) is 5. The molecule has 1 aliphatic heterocycles. The summed E-state index contributed by atoms with van der Waals surface area (Å²) in [4.78, 5) is 12.9. The van der Waals surface area contributed by atoms with E-state index in [9.17, 15) is 20.1 Å². The smallest absolute Gasteiger partial charge is 0.200 e. The number of aliphatic hydroxyl groups is 2. The van der Waals surface area contributed by atoms with Gasteiger partial charge in [0.2, 0.25) is 5.43 Å². The van der Waals surface area contributed by atoms with Crippen LogP contribution in [0, 0.1) is 0 Å². The molecule has 3 N–H and O–H groups in total. The molecule has 3 aromatic rings. The minimum atomic E-state index is -1.42. The van der Waals surface area contributed by atoms with Crippen LogP contribution in [0.5, 0.6) is 11.5 Å². The first-order valence-electron chi connectivity index (χ1n) is 8.11. The van der Waals surface area contributed by atoms with E-state index in [4.69, 9.17) is 4.74 Å². The van der Waals surface area contributed by atoms with Crippen molar-refractivity contribution in [3.05, 3.63) is 46.1 Å². The highest BCUT2D eigenvalue weighted by atomic mass is 16.5. The van der Waals surface area contributed by atoms with Crippen molar-refractivity contribution in [2.24, 2.45) is 7.05 Å². The monoisotopic (exact) mass is 341 g/mol. The van der Waals surface area contributed by atoms with Crippen molar-refractivity contribution in [2.75, 3.05) is 6.61 Å². The molecule has 0 saturated heterocycles. The molecule has 0 radical (unpaired) electrons. The third kappa shape index (κ3) is 2.14. The average Bonchev–Trinajstić information content (AvgIpc) is 3.03. The summed E-state index contributed by atoms with van der Waals surface area (Å²) >= 11 is 0. The number of rotatable bonds is 2. The zero-order chi connectivity index (χ0) is 17.9. The lowest BCUT2D eigenvalue weighted by atomic mass is 9.94. The van der Waals surface area contributed by atoms with Gasteiger partial charge in [-0.1, -0.05) is 12.1 Å². The Bertz CT molecular complexity index is 1070. The van der Waals surface area contributed by atoms with Gasteiger partial charge in [0.25, 0.3) is 0 Å². The lowest BCUT2D eigenvalue weighted by Gasteiger charge is -2.26. The number of aromatic hydroxyl groups is 1. The molecular formula is C19H19NO5. The van der Waals surface area contributed by atoms with E-state index in [-0.39, 0.29) is 16.6 Å². The van der Waals surface area contributed by atoms with E-state index in [2.05, 4.69) is 0 Å². The number of pyridine rings is 1. The Labute approximate surface area is 143 Å². The molecule has 0 aliphatic carbocycles. The fraction of sp³-hybridized carbons (Fsp3) is 0.316. The molecule has 6 heteroatoms. The van der Waals surface area contributed by atoms with Gasteiger partial charge >= 0.3 is 0 Å². The summed E-state index contributed by atoms with van der Waals surface area (Å²) in [6, 6.07) is 8.65. The number of aryl methyl sites for hydroxylation is 1. The highest BCUT2D eigenvalue weighted by molar-refractivity contribution is 5.99. The number of phenols is 1. The largest absolute Gasteiger partial charge is 0.507 e. The first kappa shape index (κ1) is 15.9. The van der Waals surface area contributed by atoms with Gasteiger partial charge < -0.3 is 24.6 Å². The summed E-state index contributed by atoms with van der Waals surface area (Å²) < 4.78 is 7.64. The van der Waals surface area contributed by atoms with Crippen molar-refractivity contribution in [1.29, 1.82) is 0 Å². The summed E-state index contributed by atoms with van der Waals surface area (Å²) in [7, 11) is 1.83. The summed E-state index contributed by atoms with van der Waals surface area (Å²) in [6.45, 7) is 1.05. The van der Waals surface area contributed by atoms with E-state index in [1.807, 2.05) is 23.7 Å². The minimum Gasteiger partial charge on any atom is -0.507 e. The van der Waals surface area contributed by atoms with Crippen molar-refractivity contribution < 1.29 is 20.1 Å². The molecule has 0 spiro atoms. The summed E-state index contributed by atoms with van der Waals surface area (Å²) in [5, 5.41) is 31.0. The Morgan fingerprint density at radius 3 is 2.80 bits per heavy atom. The maximum Gasteiger partial charge on any atom is 0.200 e. The van der Waals surface area contributed by atoms with E-state index in [0.717, 1.165) is 11.1 Å². The van der Waals surface area contributed by atoms with Crippen LogP contribution in [0.15, 0.2) is 35.1 Å². The number of aromatic nitrogens is 1. The van der Waals surface area contributed by atoms with Crippen molar-refractivity contribution in [3.8, 4) is 11.5 Å². The third-order valence-corrected chi connectivity index (χ3v) is 5.09. The van der Waals surface area contributed by atoms with Crippen molar-refractivity contribution >= 4 is 21.8 Å². The van der Waals surface area contributed by atoms with Crippen molar-refractivity contribution in [2.45, 2.75) is 25.0 Å². The van der Waals surface area contributed by atoms with E-state index in [0.29, 0.717) is 23.1 Å². The van der Waals surface area contributed by atoms with Gasteiger partial charge in [-0.15, -0.1) is 0 Å². The van der Waals surface area contributed by atoms with Crippen LogP contribution in [0.2, 0.25) is 0 Å². The molecule has 1 aliphatic rings. The molecule has 2 aromatic carbocycles. The predicted molar refractivity (Wildman–Crippen MR) is 94.2 cm³/mol. The van der Waals surface area contributed by atoms with Crippen LogP contribution in [0.1, 0.15) is 12.5 Å². The second-order valence-electron chi connectivity index (χ2n) is 6.83. The third-order valence-electron chi connectivity index (χ3n) is 5.09. The Kier molecular flexibility index (Phi) is 3.32. The molecule has 130 valence electrons. The number of nitrogens with zero attached hydrogens (tertiary/aromatic N) is 1. The second-order valence-corrected chi connectivity index (χ2v) is 6.83. The predicted octanol–water partition coefficient (Wildman–Crippen LogP) is 1.44. The van der Waals surface area contributed by atoms with Crippen molar-refractivity contribution in [3.63, 3.8) is 0 Å². The van der Waals surface area contributed by atoms with Gasteiger partial charge in [-0.25, -0.2) is 0 Å². The number of benzene rings is 2. The highest BCUT2D eigenvalue weighted by Gasteiger charge is 2.40. The van der Waals surface area contributed by atoms with E-state index in [1.165, 1.54) is 13.0 Å². The maximum atomic E-state index is 12.9. The van der Waals surface area contributed by atoms with Gasteiger partial charge in [-0.05, 0) is 19.1 Å². The summed E-state index contributed by atoms with van der Waals surface area (Å²) in [6.07, 6.45) is -0.315. The fourth-order valence-corrected chi connectivity index (χ4v) is 3.61. The molecule has 0 unspecified atom stereocenters. The van der Waals surface area contributed by atoms with Gasteiger partial charge in [0.05, 0.1) is 23.0 Å².